The zero-order valence-corrected chi connectivity index (χ0v) is 18.9. The molecule has 1 unspecified atom stereocenters. The number of carbonyl (C=O) groups excluding carboxylic acids is 1. The summed E-state index contributed by atoms with van der Waals surface area (Å²) in [7, 11) is 3.65. The standard InChI is InChI=1S/C25H32N4O3/c1-28-22-9-6-5-8-20(22)27-24(28)17-26-25(31)18-11-12-21-19(16-18)23(30)10-4-3-7-13-29(21)14-15-32-2/h5-6,8-9,11-12,16,23,30H,3-4,7,10,13-15,17H2,1-2H3,(H,26,31). The summed E-state index contributed by atoms with van der Waals surface area (Å²) in [6.07, 6.45) is 3.26. The fourth-order valence-electron chi connectivity index (χ4n) is 4.39. The van der Waals surface area contributed by atoms with Gasteiger partial charge in [0.15, 0.2) is 0 Å². The normalized spacial score (nSPS) is 16.8. The van der Waals surface area contributed by atoms with Gasteiger partial charge in [0.2, 0.25) is 0 Å². The smallest absolute Gasteiger partial charge is 0.251 e. The number of aryl methyl sites for hydroxylation is 1. The second-order valence-corrected chi connectivity index (χ2v) is 8.38. The van der Waals surface area contributed by atoms with Crippen molar-refractivity contribution in [2.75, 3.05) is 31.7 Å². The van der Waals surface area contributed by atoms with Crippen LogP contribution in [0.1, 0.15) is 53.5 Å². The maximum absolute atomic E-state index is 12.9. The summed E-state index contributed by atoms with van der Waals surface area (Å²) in [6.45, 7) is 2.63. The number of anilines is 1. The molecule has 7 nitrogen and oxygen atoms in total. The number of rotatable bonds is 6. The Balaban J connectivity index is 1.54. The number of methoxy groups -OCH3 is 1. The van der Waals surface area contributed by atoms with Gasteiger partial charge >= 0.3 is 0 Å². The van der Waals surface area contributed by atoms with E-state index >= 15 is 0 Å². The largest absolute Gasteiger partial charge is 0.388 e. The van der Waals surface area contributed by atoms with Gasteiger partial charge < -0.3 is 24.6 Å². The SMILES string of the molecule is COCCN1CCCCCC(O)c2cc(C(=O)NCc3nc4ccccc4n3C)ccc21. The summed E-state index contributed by atoms with van der Waals surface area (Å²) in [6, 6.07) is 13.6. The highest BCUT2D eigenvalue weighted by Crippen LogP contribution is 2.32. The first-order chi connectivity index (χ1) is 15.6. The molecule has 3 aromatic rings. The molecule has 1 aliphatic heterocycles. The van der Waals surface area contributed by atoms with Gasteiger partial charge in [0.1, 0.15) is 5.82 Å². The number of imidazole rings is 1. The highest BCUT2D eigenvalue weighted by molar-refractivity contribution is 5.95. The molecule has 0 radical (unpaired) electrons. The molecule has 4 rings (SSSR count). The topological polar surface area (TPSA) is 79.6 Å². The first-order valence-corrected chi connectivity index (χ1v) is 11.3. The third kappa shape index (κ3) is 4.79. The number of benzene rings is 2. The molecule has 1 aliphatic rings. The Morgan fingerprint density at radius 1 is 1.22 bits per heavy atom. The van der Waals surface area contributed by atoms with Crippen LogP contribution in [0.3, 0.4) is 0 Å². The Morgan fingerprint density at radius 3 is 2.88 bits per heavy atom. The van der Waals surface area contributed by atoms with Crippen molar-refractivity contribution < 1.29 is 14.6 Å². The summed E-state index contributed by atoms with van der Waals surface area (Å²) >= 11 is 0. The zero-order chi connectivity index (χ0) is 22.5. The molecule has 7 heteroatoms. The number of nitrogens with one attached hydrogen (secondary N) is 1. The predicted octanol–water partition coefficient (Wildman–Crippen LogP) is 3.56. The van der Waals surface area contributed by atoms with Crippen molar-refractivity contribution in [3.8, 4) is 0 Å². The maximum Gasteiger partial charge on any atom is 0.251 e. The Labute approximate surface area is 189 Å². The first kappa shape index (κ1) is 22.3. The third-order valence-electron chi connectivity index (χ3n) is 6.25. The first-order valence-electron chi connectivity index (χ1n) is 11.3. The number of aliphatic hydroxyl groups excluding tert-OH is 1. The van der Waals surface area contributed by atoms with Crippen molar-refractivity contribution in [1.82, 2.24) is 14.9 Å². The van der Waals surface area contributed by atoms with Gasteiger partial charge in [-0.15, -0.1) is 0 Å². The number of aromatic nitrogens is 2. The molecule has 1 aromatic heterocycles. The van der Waals surface area contributed by atoms with Crippen LogP contribution in [0.2, 0.25) is 0 Å². The minimum atomic E-state index is -0.583. The number of fused-ring (bicyclic) bond motifs is 2. The lowest BCUT2D eigenvalue weighted by Gasteiger charge is -2.28. The predicted molar refractivity (Wildman–Crippen MR) is 126 cm³/mol. The van der Waals surface area contributed by atoms with Gasteiger partial charge in [0.05, 0.1) is 30.3 Å². The molecule has 2 N–H and O–H groups in total. The highest BCUT2D eigenvalue weighted by atomic mass is 16.5. The fourth-order valence-corrected chi connectivity index (χ4v) is 4.39. The van der Waals surface area contributed by atoms with Crippen LogP contribution >= 0.6 is 0 Å². The van der Waals surface area contributed by atoms with E-state index in [2.05, 4.69) is 15.2 Å². The minimum absolute atomic E-state index is 0.171. The van der Waals surface area contributed by atoms with Gasteiger partial charge in [-0.25, -0.2) is 4.98 Å². The number of amides is 1. The van der Waals surface area contributed by atoms with E-state index in [9.17, 15) is 9.90 Å². The minimum Gasteiger partial charge on any atom is -0.388 e. The lowest BCUT2D eigenvalue weighted by molar-refractivity contribution is 0.0949. The van der Waals surface area contributed by atoms with Crippen LogP contribution < -0.4 is 10.2 Å². The van der Waals surface area contributed by atoms with E-state index in [-0.39, 0.29) is 5.91 Å². The van der Waals surface area contributed by atoms with Crippen molar-refractivity contribution in [3.05, 3.63) is 59.4 Å². The van der Waals surface area contributed by atoms with Gasteiger partial charge in [-0.1, -0.05) is 25.0 Å². The number of ether oxygens (including phenoxy) is 1. The van der Waals surface area contributed by atoms with Gasteiger partial charge in [0.25, 0.3) is 5.91 Å². The number of hydrogen-bond acceptors (Lipinski definition) is 5. The average Bonchev–Trinajstić information content (AvgIpc) is 3.17. The zero-order valence-electron chi connectivity index (χ0n) is 18.9. The molecular formula is C25H32N4O3. The molecule has 2 heterocycles. The number of para-hydroxylation sites is 2. The average molecular weight is 437 g/mol. The number of carbonyl (C=O) groups is 1. The molecule has 2 aromatic carbocycles. The van der Waals surface area contributed by atoms with E-state index in [1.54, 1.807) is 7.11 Å². The second kappa shape index (κ2) is 10.1. The number of hydrogen-bond donors (Lipinski definition) is 2. The van der Waals surface area contributed by atoms with Crippen LogP contribution in [0.25, 0.3) is 11.0 Å². The third-order valence-corrected chi connectivity index (χ3v) is 6.25. The molecule has 0 saturated heterocycles. The van der Waals surface area contributed by atoms with Crippen molar-refractivity contribution in [2.45, 2.75) is 38.3 Å². The summed E-state index contributed by atoms with van der Waals surface area (Å²) in [5.74, 6) is 0.628. The quantitative estimate of drug-likeness (QED) is 0.618. The van der Waals surface area contributed by atoms with E-state index in [1.807, 2.05) is 54.1 Å². The van der Waals surface area contributed by atoms with Crippen LogP contribution in [-0.2, 0) is 18.3 Å². The molecule has 1 atom stereocenters. The summed E-state index contributed by atoms with van der Waals surface area (Å²) in [5.41, 5.74) is 4.30. The molecule has 1 amide bonds. The van der Waals surface area contributed by atoms with E-state index in [1.165, 1.54) is 0 Å². The summed E-state index contributed by atoms with van der Waals surface area (Å²) in [4.78, 5) is 19.8. The Morgan fingerprint density at radius 2 is 2.06 bits per heavy atom. The number of nitrogens with zero attached hydrogens (tertiary/aromatic N) is 3. The fraction of sp³-hybridized carbons (Fsp3) is 0.440. The maximum atomic E-state index is 12.9. The molecule has 0 spiro atoms. The second-order valence-electron chi connectivity index (χ2n) is 8.38. The Bertz CT molecular complexity index is 1080. The summed E-state index contributed by atoms with van der Waals surface area (Å²) in [5, 5.41) is 13.8. The Kier molecular flexibility index (Phi) is 7.07. The van der Waals surface area contributed by atoms with Gasteiger partial charge in [-0.2, -0.15) is 0 Å². The van der Waals surface area contributed by atoms with E-state index in [4.69, 9.17) is 4.74 Å². The van der Waals surface area contributed by atoms with E-state index < -0.39 is 6.10 Å². The van der Waals surface area contributed by atoms with Crippen LogP contribution in [0.5, 0.6) is 0 Å². The van der Waals surface area contributed by atoms with Crippen molar-refractivity contribution in [1.29, 1.82) is 0 Å². The molecule has 32 heavy (non-hydrogen) atoms. The number of aliphatic hydroxyl groups is 1. The van der Waals surface area contributed by atoms with Gasteiger partial charge in [-0.3, -0.25) is 4.79 Å². The van der Waals surface area contributed by atoms with Crippen LogP contribution in [0.4, 0.5) is 5.69 Å². The highest BCUT2D eigenvalue weighted by Gasteiger charge is 2.21. The molecule has 0 saturated carbocycles. The van der Waals surface area contributed by atoms with Crippen molar-refractivity contribution >= 4 is 22.6 Å². The van der Waals surface area contributed by atoms with Crippen molar-refractivity contribution in [2.24, 2.45) is 7.05 Å². The molecule has 170 valence electrons. The molecular weight excluding hydrogens is 404 g/mol. The van der Waals surface area contributed by atoms with Crippen LogP contribution in [0, 0.1) is 0 Å². The van der Waals surface area contributed by atoms with Crippen LogP contribution in [0.15, 0.2) is 42.5 Å². The van der Waals surface area contributed by atoms with Gasteiger partial charge in [-0.05, 0) is 43.2 Å². The molecule has 0 bridgehead atoms. The lowest BCUT2D eigenvalue weighted by atomic mass is 9.99. The van der Waals surface area contributed by atoms with Crippen molar-refractivity contribution in [3.63, 3.8) is 0 Å². The monoisotopic (exact) mass is 436 g/mol. The lowest BCUT2D eigenvalue weighted by Crippen LogP contribution is -2.30. The van der Waals surface area contributed by atoms with Gasteiger partial charge in [0, 0.05) is 44.1 Å². The summed E-state index contributed by atoms with van der Waals surface area (Å²) < 4.78 is 7.28. The van der Waals surface area contributed by atoms with E-state index in [0.29, 0.717) is 25.1 Å². The molecule has 0 aliphatic carbocycles. The van der Waals surface area contributed by atoms with Crippen LogP contribution in [-0.4, -0.2) is 47.4 Å². The molecule has 0 fully saturated rings. The van der Waals surface area contributed by atoms with E-state index in [0.717, 1.165) is 60.5 Å². The Hall–Kier alpha value is -2.90.